The van der Waals surface area contributed by atoms with Crippen LogP contribution in [0.15, 0.2) is 180 Å². The van der Waals surface area contributed by atoms with E-state index in [1.165, 1.54) is 66.3 Å². The minimum atomic E-state index is -0.497. The molecule has 2 aromatic heterocycles. The van der Waals surface area contributed by atoms with Crippen molar-refractivity contribution in [3.63, 3.8) is 0 Å². The SMILES string of the molecule is c1ccc2c(c1)Oc1ccccc1C21c2ccccc2-c2ccc(-c3ccc4c(c3)c3ccccc3n4-c3ccc4oc5ccccc5c4c3)cc21. The second kappa shape index (κ2) is 10.1. The quantitative estimate of drug-likeness (QED) is 0.184. The van der Waals surface area contributed by atoms with Crippen molar-refractivity contribution in [1.29, 1.82) is 0 Å². The Kier molecular flexibility index (Phi) is 5.43. The molecule has 8 aromatic carbocycles. The maximum Gasteiger partial charge on any atom is 0.135 e. The summed E-state index contributed by atoms with van der Waals surface area (Å²) in [4.78, 5) is 0. The van der Waals surface area contributed by atoms with Gasteiger partial charge in [0.25, 0.3) is 0 Å². The molecule has 3 heterocycles. The molecule has 0 amide bonds. The molecular formula is C49H29NO2. The highest BCUT2D eigenvalue weighted by molar-refractivity contribution is 6.11. The first kappa shape index (κ1) is 27.9. The summed E-state index contributed by atoms with van der Waals surface area (Å²) in [5, 5.41) is 4.72. The molecule has 0 bridgehead atoms. The summed E-state index contributed by atoms with van der Waals surface area (Å²) in [7, 11) is 0. The molecule has 10 aromatic rings. The van der Waals surface area contributed by atoms with Crippen LogP contribution in [0.3, 0.4) is 0 Å². The van der Waals surface area contributed by atoms with Crippen LogP contribution < -0.4 is 4.74 Å². The highest BCUT2D eigenvalue weighted by atomic mass is 16.5. The fraction of sp³-hybridized carbons (Fsp3) is 0.0204. The third-order valence-corrected chi connectivity index (χ3v) is 11.5. The second-order valence-electron chi connectivity index (χ2n) is 14.0. The summed E-state index contributed by atoms with van der Waals surface area (Å²) < 4.78 is 15.1. The zero-order chi connectivity index (χ0) is 34.0. The lowest BCUT2D eigenvalue weighted by Gasteiger charge is -2.39. The average Bonchev–Trinajstić information content (AvgIpc) is 3.84. The van der Waals surface area contributed by atoms with Crippen LogP contribution in [0.4, 0.5) is 0 Å². The lowest BCUT2D eigenvalue weighted by molar-refractivity contribution is 0.436. The number of hydrogen-bond acceptors (Lipinski definition) is 2. The van der Waals surface area contributed by atoms with Gasteiger partial charge in [-0.1, -0.05) is 115 Å². The standard InChI is InChI=1S/C49H29NO2/c1-4-14-39-33(11-1)34-24-21-31(28-42(34)49(39)40-15-5-9-19-47(40)52-48-20-10-6-16-41(48)49)30-22-25-44-37(27-30)35-12-2-7-17-43(35)50(44)32-23-26-46-38(29-32)36-13-3-8-18-45(36)51-46/h1-29H. The fourth-order valence-electron chi connectivity index (χ4n) is 9.32. The summed E-state index contributed by atoms with van der Waals surface area (Å²) in [6.45, 7) is 0. The van der Waals surface area contributed by atoms with Crippen LogP contribution in [0.5, 0.6) is 11.5 Å². The second-order valence-corrected chi connectivity index (χ2v) is 14.0. The van der Waals surface area contributed by atoms with Crippen molar-refractivity contribution < 1.29 is 9.15 Å². The van der Waals surface area contributed by atoms with Crippen molar-refractivity contribution in [2.45, 2.75) is 5.41 Å². The Balaban J connectivity index is 1.08. The van der Waals surface area contributed by atoms with E-state index in [0.29, 0.717) is 0 Å². The van der Waals surface area contributed by atoms with Crippen LogP contribution in [-0.4, -0.2) is 4.57 Å². The van der Waals surface area contributed by atoms with E-state index >= 15 is 0 Å². The summed E-state index contributed by atoms with van der Waals surface area (Å²) in [6.07, 6.45) is 0. The van der Waals surface area contributed by atoms with E-state index in [-0.39, 0.29) is 0 Å². The predicted molar refractivity (Wildman–Crippen MR) is 211 cm³/mol. The molecule has 0 radical (unpaired) electrons. The molecule has 1 aliphatic carbocycles. The van der Waals surface area contributed by atoms with Gasteiger partial charge >= 0.3 is 0 Å². The van der Waals surface area contributed by atoms with Crippen molar-refractivity contribution in [3.05, 3.63) is 198 Å². The van der Waals surface area contributed by atoms with E-state index in [1.54, 1.807) is 0 Å². The van der Waals surface area contributed by atoms with Crippen LogP contribution in [0.25, 0.3) is 71.7 Å². The lowest BCUT2D eigenvalue weighted by Crippen LogP contribution is -2.32. The molecule has 0 saturated heterocycles. The molecular weight excluding hydrogens is 635 g/mol. The van der Waals surface area contributed by atoms with Crippen LogP contribution in [0.2, 0.25) is 0 Å². The maximum absolute atomic E-state index is 6.57. The molecule has 52 heavy (non-hydrogen) atoms. The molecule has 0 unspecified atom stereocenters. The number of para-hydroxylation sites is 4. The summed E-state index contributed by atoms with van der Waals surface area (Å²) in [5.74, 6) is 1.81. The van der Waals surface area contributed by atoms with E-state index in [2.05, 4.69) is 168 Å². The van der Waals surface area contributed by atoms with E-state index in [4.69, 9.17) is 9.15 Å². The van der Waals surface area contributed by atoms with E-state index in [1.807, 2.05) is 12.1 Å². The molecule has 0 atom stereocenters. The van der Waals surface area contributed by atoms with Gasteiger partial charge in [-0.3, -0.25) is 0 Å². The van der Waals surface area contributed by atoms with Crippen LogP contribution >= 0.6 is 0 Å². The number of benzene rings is 8. The molecule has 2 aliphatic rings. The first-order valence-corrected chi connectivity index (χ1v) is 17.8. The van der Waals surface area contributed by atoms with Crippen LogP contribution in [-0.2, 0) is 5.41 Å². The molecule has 0 fully saturated rings. The zero-order valence-corrected chi connectivity index (χ0v) is 28.0. The number of aromatic nitrogens is 1. The molecule has 242 valence electrons. The van der Waals surface area contributed by atoms with Crippen molar-refractivity contribution in [1.82, 2.24) is 4.57 Å². The molecule has 1 aliphatic heterocycles. The Labute approximate surface area is 299 Å². The summed E-state index contributed by atoms with van der Waals surface area (Å²) in [6, 6.07) is 63.6. The summed E-state index contributed by atoms with van der Waals surface area (Å²) in [5.41, 5.74) is 14.7. The Morgan fingerprint density at radius 3 is 1.85 bits per heavy atom. The van der Waals surface area contributed by atoms with E-state index in [0.717, 1.165) is 39.1 Å². The van der Waals surface area contributed by atoms with Gasteiger partial charge in [0.05, 0.1) is 16.4 Å². The Bertz CT molecular complexity index is 3080. The number of hydrogen-bond donors (Lipinski definition) is 0. The first-order valence-electron chi connectivity index (χ1n) is 17.8. The molecule has 0 saturated carbocycles. The largest absolute Gasteiger partial charge is 0.457 e. The van der Waals surface area contributed by atoms with Crippen LogP contribution in [0, 0.1) is 0 Å². The lowest BCUT2D eigenvalue weighted by atomic mass is 9.66. The van der Waals surface area contributed by atoms with Crippen LogP contribution in [0.1, 0.15) is 22.3 Å². The van der Waals surface area contributed by atoms with Crippen molar-refractivity contribution in [2.75, 3.05) is 0 Å². The third kappa shape index (κ3) is 3.54. The van der Waals surface area contributed by atoms with Gasteiger partial charge in [-0.05, 0) is 94.0 Å². The third-order valence-electron chi connectivity index (χ3n) is 11.5. The van der Waals surface area contributed by atoms with Gasteiger partial charge in [0.15, 0.2) is 0 Å². The molecule has 1 spiro atoms. The number of nitrogens with zero attached hydrogens (tertiary/aromatic N) is 1. The maximum atomic E-state index is 6.57. The minimum Gasteiger partial charge on any atom is -0.457 e. The molecule has 3 nitrogen and oxygen atoms in total. The van der Waals surface area contributed by atoms with Gasteiger partial charge in [0, 0.05) is 38.4 Å². The minimum absolute atomic E-state index is 0.497. The van der Waals surface area contributed by atoms with Crippen molar-refractivity contribution in [3.8, 4) is 39.4 Å². The van der Waals surface area contributed by atoms with E-state index in [9.17, 15) is 0 Å². The smallest absolute Gasteiger partial charge is 0.135 e. The first-order chi connectivity index (χ1) is 25.8. The van der Waals surface area contributed by atoms with Crippen molar-refractivity contribution >= 4 is 43.7 Å². The molecule has 3 heteroatoms. The highest BCUT2D eigenvalue weighted by Gasteiger charge is 2.51. The monoisotopic (exact) mass is 663 g/mol. The number of fused-ring (bicyclic) bond motifs is 15. The predicted octanol–water partition coefficient (Wildman–Crippen LogP) is 12.8. The molecule has 0 N–H and O–H groups in total. The van der Waals surface area contributed by atoms with Gasteiger partial charge in [-0.2, -0.15) is 0 Å². The van der Waals surface area contributed by atoms with Gasteiger partial charge < -0.3 is 13.7 Å². The number of rotatable bonds is 2. The van der Waals surface area contributed by atoms with Gasteiger partial charge in [-0.15, -0.1) is 0 Å². The Hall–Kier alpha value is -6.84. The highest BCUT2D eigenvalue weighted by Crippen LogP contribution is 2.62. The number of furan rings is 1. The number of ether oxygens (including phenoxy) is 1. The van der Waals surface area contributed by atoms with Crippen molar-refractivity contribution in [2.24, 2.45) is 0 Å². The van der Waals surface area contributed by atoms with Gasteiger partial charge in [-0.25, -0.2) is 0 Å². The summed E-state index contributed by atoms with van der Waals surface area (Å²) >= 11 is 0. The average molecular weight is 664 g/mol. The topological polar surface area (TPSA) is 27.3 Å². The zero-order valence-electron chi connectivity index (χ0n) is 28.0. The van der Waals surface area contributed by atoms with Gasteiger partial charge in [0.2, 0.25) is 0 Å². The normalized spacial score (nSPS) is 13.7. The fourth-order valence-corrected chi connectivity index (χ4v) is 9.32. The Morgan fingerprint density at radius 1 is 0.385 bits per heavy atom. The Morgan fingerprint density at radius 2 is 1.00 bits per heavy atom. The van der Waals surface area contributed by atoms with E-state index < -0.39 is 5.41 Å². The van der Waals surface area contributed by atoms with Gasteiger partial charge in [0.1, 0.15) is 22.7 Å². The molecule has 12 rings (SSSR count).